The van der Waals surface area contributed by atoms with Crippen molar-refractivity contribution in [1.29, 1.82) is 0 Å². The minimum atomic E-state index is -0.380. The number of rotatable bonds is 4. The third kappa shape index (κ3) is 3.36. The molecule has 84 valence electrons. The molecule has 0 radical (unpaired) electrons. The van der Waals surface area contributed by atoms with Gasteiger partial charge < -0.3 is 10.0 Å². The Bertz CT molecular complexity index is 333. The minimum Gasteiger partial charge on any atom is -0.393 e. The summed E-state index contributed by atoms with van der Waals surface area (Å²) < 4.78 is 1.59. The molecule has 0 aromatic carbocycles. The van der Waals surface area contributed by atoms with Gasteiger partial charge in [-0.25, -0.2) is 0 Å². The van der Waals surface area contributed by atoms with Crippen molar-refractivity contribution in [2.45, 2.75) is 19.4 Å². The van der Waals surface area contributed by atoms with Crippen LogP contribution in [0.5, 0.6) is 0 Å². The zero-order valence-corrected chi connectivity index (χ0v) is 9.34. The zero-order valence-electron chi connectivity index (χ0n) is 9.34. The second kappa shape index (κ2) is 4.93. The number of aliphatic hydroxyl groups excluding tert-OH is 1. The zero-order chi connectivity index (χ0) is 11.4. The third-order valence-electron chi connectivity index (χ3n) is 2.18. The van der Waals surface area contributed by atoms with Gasteiger partial charge in [-0.3, -0.25) is 9.48 Å². The van der Waals surface area contributed by atoms with Crippen LogP contribution in [0.2, 0.25) is 0 Å². The lowest BCUT2D eigenvalue weighted by molar-refractivity contribution is 0.0769. The predicted octanol–water partition coefficient (Wildman–Crippen LogP) is 0.263. The van der Waals surface area contributed by atoms with Crippen LogP contribution in [0.25, 0.3) is 0 Å². The van der Waals surface area contributed by atoms with Crippen LogP contribution in [0.15, 0.2) is 12.4 Å². The fourth-order valence-corrected chi connectivity index (χ4v) is 1.23. The second-order valence-electron chi connectivity index (χ2n) is 3.77. The molecule has 0 saturated heterocycles. The number of carbonyl (C=O) groups excluding carboxylic acids is 1. The van der Waals surface area contributed by atoms with E-state index in [0.29, 0.717) is 18.5 Å². The molecule has 5 nitrogen and oxygen atoms in total. The third-order valence-corrected chi connectivity index (χ3v) is 2.18. The second-order valence-corrected chi connectivity index (χ2v) is 3.77. The lowest BCUT2D eigenvalue weighted by Gasteiger charge is -2.16. The lowest BCUT2D eigenvalue weighted by Crippen LogP contribution is -2.29. The molecule has 1 amide bonds. The van der Waals surface area contributed by atoms with Crippen LogP contribution in [-0.4, -0.2) is 45.4 Å². The first-order valence-electron chi connectivity index (χ1n) is 4.93. The van der Waals surface area contributed by atoms with E-state index in [-0.39, 0.29) is 12.0 Å². The van der Waals surface area contributed by atoms with E-state index in [4.69, 9.17) is 5.11 Å². The topological polar surface area (TPSA) is 58.4 Å². The maximum Gasteiger partial charge on any atom is 0.256 e. The Morgan fingerprint density at radius 1 is 1.73 bits per heavy atom. The summed E-state index contributed by atoms with van der Waals surface area (Å²) >= 11 is 0. The summed E-state index contributed by atoms with van der Waals surface area (Å²) in [6.07, 6.45) is 3.43. The van der Waals surface area contributed by atoms with Crippen LogP contribution in [0, 0.1) is 0 Å². The summed E-state index contributed by atoms with van der Waals surface area (Å²) in [5.74, 6) is -0.0660. The number of aromatic nitrogens is 2. The standard InChI is InChI=1S/C10H17N3O2/c1-8(14)4-5-12(2)10(15)9-6-11-13(3)7-9/h6-8,14H,4-5H2,1-3H3. The Balaban J connectivity index is 2.53. The SMILES string of the molecule is CC(O)CCN(C)C(=O)c1cnn(C)c1. The Labute approximate surface area is 89.3 Å². The molecule has 1 aromatic rings. The Morgan fingerprint density at radius 3 is 2.87 bits per heavy atom. The van der Waals surface area contributed by atoms with Crippen molar-refractivity contribution < 1.29 is 9.90 Å². The average molecular weight is 211 g/mol. The van der Waals surface area contributed by atoms with Crippen molar-refractivity contribution in [3.05, 3.63) is 18.0 Å². The van der Waals surface area contributed by atoms with Crippen molar-refractivity contribution in [2.24, 2.45) is 7.05 Å². The minimum absolute atomic E-state index is 0.0660. The van der Waals surface area contributed by atoms with Crippen LogP contribution < -0.4 is 0 Å². The first-order chi connectivity index (χ1) is 7.00. The highest BCUT2D eigenvalue weighted by Crippen LogP contribution is 2.03. The fraction of sp³-hybridized carbons (Fsp3) is 0.600. The first kappa shape index (κ1) is 11.7. The number of aliphatic hydroxyl groups is 1. The van der Waals surface area contributed by atoms with E-state index in [1.807, 2.05) is 0 Å². The van der Waals surface area contributed by atoms with Gasteiger partial charge in [-0.1, -0.05) is 0 Å². The van der Waals surface area contributed by atoms with Gasteiger partial charge in [0.1, 0.15) is 0 Å². The van der Waals surface area contributed by atoms with E-state index < -0.39 is 0 Å². The predicted molar refractivity (Wildman–Crippen MR) is 56.5 cm³/mol. The molecule has 1 atom stereocenters. The van der Waals surface area contributed by atoms with Gasteiger partial charge in [-0.15, -0.1) is 0 Å². The quantitative estimate of drug-likeness (QED) is 0.777. The molecule has 0 bridgehead atoms. The number of carbonyl (C=O) groups is 1. The van der Waals surface area contributed by atoms with Gasteiger partial charge in [0.05, 0.1) is 17.9 Å². The van der Waals surface area contributed by atoms with E-state index in [9.17, 15) is 4.79 Å². The van der Waals surface area contributed by atoms with E-state index in [0.717, 1.165) is 0 Å². The van der Waals surface area contributed by atoms with Crippen molar-refractivity contribution in [3.63, 3.8) is 0 Å². The van der Waals surface area contributed by atoms with E-state index in [2.05, 4.69) is 5.10 Å². The fourth-order valence-electron chi connectivity index (χ4n) is 1.23. The lowest BCUT2D eigenvalue weighted by atomic mass is 10.2. The highest BCUT2D eigenvalue weighted by Gasteiger charge is 2.13. The van der Waals surface area contributed by atoms with E-state index >= 15 is 0 Å². The summed E-state index contributed by atoms with van der Waals surface area (Å²) in [7, 11) is 3.49. The molecule has 1 heterocycles. The van der Waals surface area contributed by atoms with Crippen LogP contribution in [-0.2, 0) is 7.05 Å². The van der Waals surface area contributed by atoms with Crippen LogP contribution in [0.4, 0.5) is 0 Å². The highest BCUT2D eigenvalue weighted by atomic mass is 16.3. The molecule has 0 fully saturated rings. The Kier molecular flexibility index (Phi) is 3.85. The molecule has 0 saturated carbocycles. The molecule has 15 heavy (non-hydrogen) atoms. The number of amides is 1. The van der Waals surface area contributed by atoms with Gasteiger partial charge in [-0.2, -0.15) is 5.10 Å². The first-order valence-corrected chi connectivity index (χ1v) is 4.93. The summed E-state index contributed by atoms with van der Waals surface area (Å²) in [6.45, 7) is 2.26. The van der Waals surface area contributed by atoms with Gasteiger partial charge in [0.15, 0.2) is 0 Å². The monoisotopic (exact) mass is 211 g/mol. The molecule has 1 N–H and O–H groups in total. The van der Waals surface area contributed by atoms with Gasteiger partial charge in [-0.05, 0) is 13.3 Å². The summed E-state index contributed by atoms with van der Waals surface area (Å²) in [5.41, 5.74) is 0.575. The van der Waals surface area contributed by atoms with Gasteiger partial charge in [0, 0.05) is 26.8 Å². The summed E-state index contributed by atoms with van der Waals surface area (Å²) in [4.78, 5) is 13.3. The number of hydrogen-bond donors (Lipinski definition) is 1. The number of hydrogen-bond acceptors (Lipinski definition) is 3. The van der Waals surface area contributed by atoms with E-state index in [1.165, 1.54) is 0 Å². The van der Waals surface area contributed by atoms with Crippen molar-refractivity contribution >= 4 is 5.91 Å². The van der Waals surface area contributed by atoms with E-state index in [1.54, 1.807) is 43.0 Å². The summed E-state index contributed by atoms with van der Waals surface area (Å²) in [5, 5.41) is 13.0. The van der Waals surface area contributed by atoms with Crippen LogP contribution >= 0.6 is 0 Å². The number of aryl methyl sites for hydroxylation is 1. The van der Waals surface area contributed by atoms with Crippen LogP contribution in [0.1, 0.15) is 23.7 Å². The largest absolute Gasteiger partial charge is 0.393 e. The molecule has 5 heteroatoms. The number of nitrogens with zero attached hydrogens (tertiary/aromatic N) is 3. The molecular weight excluding hydrogens is 194 g/mol. The average Bonchev–Trinajstić information content (AvgIpc) is 2.60. The maximum absolute atomic E-state index is 11.8. The van der Waals surface area contributed by atoms with Gasteiger partial charge >= 0.3 is 0 Å². The van der Waals surface area contributed by atoms with Crippen LogP contribution in [0.3, 0.4) is 0 Å². The van der Waals surface area contributed by atoms with Gasteiger partial charge in [0.25, 0.3) is 5.91 Å². The molecule has 0 spiro atoms. The molecule has 1 unspecified atom stereocenters. The Morgan fingerprint density at radius 2 is 2.40 bits per heavy atom. The maximum atomic E-state index is 11.8. The smallest absolute Gasteiger partial charge is 0.256 e. The molecular formula is C10H17N3O2. The highest BCUT2D eigenvalue weighted by molar-refractivity contribution is 5.93. The molecule has 0 aliphatic carbocycles. The molecule has 1 aromatic heterocycles. The van der Waals surface area contributed by atoms with Crippen molar-refractivity contribution in [3.8, 4) is 0 Å². The van der Waals surface area contributed by atoms with Crippen molar-refractivity contribution in [2.75, 3.05) is 13.6 Å². The summed E-state index contributed by atoms with van der Waals surface area (Å²) in [6, 6.07) is 0. The molecule has 0 aliphatic heterocycles. The molecule has 1 rings (SSSR count). The normalized spacial score (nSPS) is 12.5. The van der Waals surface area contributed by atoms with Gasteiger partial charge in [0.2, 0.25) is 0 Å². The van der Waals surface area contributed by atoms with Crippen molar-refractivity contribution in [1.82, 2.24) is 14.7 Å². The molecule has 0 aliphatic rings. The Hall–Kier alpha value is -1.36.